The van der Waals surface area contributed by atoms with Crippen LogP contribution in [0.2, 0.25) is 0 Å². The normalized spacial score (nSPS) is 26.5. The highest BCUT2D eigenvalue weighted by molar-refractivity contribution is 6.10. The van der Waals surface area contributed by atoms with Crippen molar-refractivity contribution in [1.82, 2.24) is 10.2 Å². The minimum Gasteiger partial charge on any atom is -0.324 e. The molecule has 30 heavy (non-hydrogen) atoms. The molecule has 2 aliphatic carbocycles. The van der Waals surface area contributed by atoms with E-state index in [2.05, 4.69) is 37.5 Å². The highest BCUT2D eigenvalue weighted by atomic mass is 16.2. The number of fused-ring (bicyclic) bond motifs is 1. The van der Waals surface area contributed by atoms with E-state index in [4.69, 9.17) is 0 Å². The Kier molecular flexibility index (Phi) is 5.37. The summed E-state index contributed by atoms with van der Waals surface area (Å²) in [6, 6.07) is 5.53. The van der Waals surface area contributed by atoms with Gasteiger partial charge in [-0.15, -0.1) is 0 Å². The Morgan fingerprint density at radius 3 is 2.57 bits per heavy atom. The van der Waals surface area contributed by atoms with E-state index in [1.165, 1.54) is 17.5 Å². The number of carbonyl (C=O) groups is 3. The molecule has 3 aliphatic rings. The largest absolute Gasteiger partial charge is 0.325 e. The topological polar surface area (TPSA) is 78.5 Å². The van der Waals surface area contributed by atoms with Crippen LogP contribution in [0.15, 0.2) is 18.2 Å². The molecule has 1 aliphatic heterocycles. The Morgan fingerprint density at radius 1 is 1.17 bits per heavy atom. The van der Waals surface area contributed by atoms with Crippen molar-refractivity contribution in [2.45, 2.75) is 77.7 Å². The third-order valence-electron chi connectivity index (χ3n) is 7.28. The summed E-state index contributed by atoms with van der Waals surface area (Å²) in [7, 11) is 0. The molecule has 0 radical (unpaired) electrons. The highest BCUT2D eigenvalue weighted by Crippen LogP contribution is 2.43. The van der Waals surface area contributed by atoms with Crippen molar-refractivity contribution >= 4 is 23.5 Å². The van der Waals surface area contributed by atoms with E-state index in [1.54, 1.807) is 0 Å². The van der Waals surface area contributed by atoms with Crippen molar-refractivity contribution < 1.29 is 14.4 Å². The van der Waals surface area contributed by atoms with E-state index in [9.17, 15) is 14.4 Å². The molecule has 0 unspecified atom stereocenters. The lowest BCUT2D eigenvalue weighted by molar-refractivity contribution is -0.135. The van der Waals surface area contributed by atoms with Gasteiger partial charge in [0.25, 0.3) is 5.91 Å². The van der Waals surface area contributed by atoms with Crippen LogP contribution >= 0.6 is 0 Å². The number of nitrogens with zero attached hydrogens (tertiary/aromatic N) is 1. The fourth-order valence-electron chi connectivity index (χ4n) is 5.37. The number of nitrogens with one attached hydrogen (secondary N) is 2. The quantitative estimate of drug-likeness (QED) is 0.737. The van der Waals surface area contributed by atoms with E-state index in [0.29, 0.717) is 18.8 Å². The number of anilines is 1. The third kappa shape index (κ3) is 3.84. The lowest BCUT2D eigenvalue weighted by atomic mass is 9.67. The average molecular weight is 412 g/mol. The van der Waals surface area contributed by atoms with Crippen LogP contribution in [-0.2, 0) is 22.4 Å². The van der Waals surface area contributed by atoms with E-state index in [-0.39, 0.29) is 23.8 Å². The second-order valence-electron chi connectivity index (χ2n) is 10.2. The maximum atomic E-state index is 13.1. The van der Waals surface area contributed by atoms with Gasteiger partial charge < -0.3 is 10.6 Å². The summed E-state index contributed by atoms with van der Waals surface area (Å²) in [5.74, 6) is -0.0302. The molecule has 162 valence electrons. The van der Waals surface area contributed by atoms with Gasteiger partial charge in [0.05, 0.1) is 0 Å². The molecule has 0 aromatic heterocycles. The molecule has 6 nitrogen and oxygen atoms in total. The molecular formula is C24H33N3O3. The zero-order valence-electron chi connectivity index (χ0n) is 18.3. The summed E-state index contributed by atoms with van der Waals surface area (Å²) in [5, 5.41) is 5.86. The molecule has 0 bridgehead atoms. The number of benzene rings is 1. The van der Waals surface area contributed by atoms with Crippen LogP contribution in [0.3, 0.4) is 0 Å². The molecule has 1 heterocycles. The Morgan fingerprint density at radius 2 is 1.87 bits per heavy atom. The van der Waals surface area contributed by atoms with Crippen LogP contribution in [0.1, 0.15) is 70.4 Å². The first kappa shape index (κ1) is 20.9. The number of rotatable bonds is 3. The number of aryl methyl sites for hydroxylation is 1. The predicted octanol–water partition coefficient (Wildman–Crippen LogP) is 4.03. The second-order valence-corrected chi connectivity index (χ2v) is 10.2. The zero-order chi connectivity index (χ0) is 21.5. The van der Waals surface area contributed by atoms with Crippen LogP contribution < -0.4 is 10.6 Å². The molecule has 1 saturated heterocycles. The van der Waals surface area contributed by atoms with Crippen LogP contribution in [0.4, 0.5) is 10.5 Å². The summed E-state index contributed by atoms with van der Waals surface area (Å²) in [4.78, 5) is 39.5. The van der Waals surface area contributed by atoms with Gasteiger partial charge in [0.15, 0.2) is 0 Å². The Balaban J connectivity index is 1.41. The average Bonchev–Trinajstić information content (AvgIpc) is 2.92. The van der Waals surface area contributed by atoms with Crippen molar-refractivity contribution in [2.24, 2.45) is 11.3 Å². The van der Waals surface area contributed by atoms with Crippen LogP contribution in [0.25, 0.3) is 0 Å². The maximum absolute atomic E-state index is 13.1. The molecule has 0 atom stereocenters. The van der Waals surface area contributed by atoms with Crippen molar-refractivity contribution in [2.75, 3.05) is 11.9 Å². The van der Waals surface area contributed by atoms with Crippen LogP contribution in [0.5, 0.6) is 0 Å². The Labute approximate surface area is 178 Å². The van der Waals surface area contributed by atoms with Crippen LogP contribution in [-0.4, -0.2) is 34.8 Å². The fraction of sp³-hybridized carbons (Fsp3) is 0.625. The minimum atomic E-state index is -0.828. The van der Waals surface area contributed by atoms with E-state index >= 15 is 0 Å². The SMILES string of the molecule is CC(C)(C)C1CCC2(CC1)NC(=O)N(CC(=O)Nc1cccc3c1CCCC3)C2=O. The summed E-state index contributed by atoms with van der Waals surface area (Å²) in [6.07, 6.45) is 7.37. The maximum Gasteiger partial charge on any atom is 0.325 e. The van der Waals surface area contributed by atoms with E-state index in [1.807, 2.05) is 12.1 Å². The van der Waals surface area contributed by atoms with E-state index < -0.39 is 11.6 Å². The molecule has 1 aromatic rings. The van der Waals surface area contributed by atoms with Gasteiger partial charge in [-0.2, -0.15) is 0 Å². The highest BCUT2D eigenvalue weighted by Gasteiger charge is 2.53. The number of urea groups is 1. The molecule has 1 saturated carbocycles. The Hall–Kier alpha value is -2.37. The minimum absolute atomic E-state index is 0.196. The van der Waals surface area contributed by atoms with Crippen molar-refractivity contribution in [3.05, 3.63) is 29.3 Å². The monoisotopic (exact) mass is 411 g/mol. The molecule has 4 amide bonds. The molecule has 2 N–H and O–H groups in total. The number of hydrogen-bond acceptors (Lipinski definition) is 3. The standard InChI is InChI=1S/C24H33N3O3/c1-23(2,3)17-11-13-24(14-12-17)21(29)27(22(30)26-24)15-20(28)25-19-10-6-8-16-7-4-5-9-18(16)19/h6,8,10,17H,4-5,7,9,11-15H2,1-3H3,(H,25,28)(H,26,30). The van der Waals surface area contributed by atoms with Gasteiger partial charge in [0.1, 0.15) is 12.1 Å². The van der Waals surface area contributed by atoms with Gasteiger partial charge in [-0.1, -0.05) is 32.9 Å². The summed E-state index contributed by atoms with van der Waals surface area (Å²) >= 11 is 0. The van der Waals surface area contributed by atoms with Gasteiger partial charge >= 0.3 is 6.03 Å². The van der Waals surface area contributed by atoms with Crippen LogP contribution in [0, 0.1) is 11.3 Å². The van der Waals surface area contributed by atoms with Gasteiger partial charge in [0, 0.05) is 5.69 Å². The first-order valence-corrected chi connectivity index (χ1v) is 11.2. The fourth-order valence-corrected chi connectivity index (χ4v) is 5.37. The number of amides is 4. The molecule has 1 spiro atoms. The summed E-state index contributed by atoms with van der Waals surface area (Å²) in [6.45, 7) is 6.44. The number of carbonyl (C=O) groups excluding carboxylic acids is 3. The van der Waals surface area contributed by atoms with Gasteiger partial charge in [0.2, 0.25) is 5.91 Å². The smallest absolute Gasteiger partial charge is 0.324 e. The first-order valence-electron chi connectivity index (χ1n) is 11.2. The molecule has 4 rings (SSSR count). The molecule has 6 heteroatoms. The predicted molar refractivity (Wildman–Crippen MR) is 116 cm³/mol. The van der Waals surface area contributed by atoms with Gasteiger partial charge in [-0.25, -0.2) is 4.79 Å². The van der Waals surface area contributed by atoms with Gasteiger partial charge in [-0.05, 0) is 79.9 Å². The second kappa shape index (κ2) is 7.71. The number of imide groups is 1. The van der Waals surface area contributed by atoms with Crippen molar-refractivity contribution in [3.8, 4) is 0 Å². The third-order valence-corrected chi connectivity index (χ3v) is 7.28. The van der Waals surface area contributed by atoms with Crippen molar-refractivity contribution in [3.63, 3.8) is 0 Å². The zero-order valence-corrected chi connectivity index (χ0v) is 18.3. The summed E-state index contributed by atoms with van der Waals surface area (Å²) < 4.78 is 0. The molecule has 2 fully saturated rings. The van der Waals surface area contributed by atoms with Gasteiger partial charge in [-0.3, -0.25) is 14.5 Å². The number of hydrogen-bond donors (Lipinski definition) is 2. The van der Waals surface area contributed by atoms with E-state index in [0.717, 1.165) is 42.7 Å². The van der Waals surface area contributed by atoms with Crippen molar-refractivity contribution in [1.29, 1.82) is 0 Å². The lowest BCUT2D eigenvalue weighted by Crippen LogP contribution is -2.51. The molecule has 1 aromatic carbocycles. The molecular weight excluding hydrogens is 378 g/mol. The summed E-state index contributed by atoms with van der Waals surface area (Å²) in [5.41, 5.74) is 2.65. The Bertz CT molecular complexity index is 863. The first-order chi connectivity index (χ1) is 14.2. The lowest BCUT2D eigenvalue weighted by Gasteiger charge is -2.40.